The number of benzene rings is 2. The molecule has 1 aromatic heterocycles. The van der Waals surface area contributed by atoms with Crippen molar-refractivity contribution >= 4 is 23.2 Å². The number of hydrogen-bond donors (Lipinski definition) is 2. The van der Waals surface area contributed by atoms with Crippen LogP contribution >= 0.6 is 0 Å². The number of carbonyl (C=O) groups excluding carboxylic acids is 2. The van der Waals surface area contributed by atoms with Crippen molar-refractivity contribution in [2.45, 2.75) is 58.4 Å². The number of rotatable bonds is 6. The molecule has 5 rings (SSSR count). The minimum Gasteiger partial charge on any atom is -0.464 e. The van der Waals surface area contributed by atoms with E-state index >= 15 is 0 Å². The standard InChI is InChI=1S/C29H33N3O3/c1-18-7-10-22(25(15-18)32-13-5-4-6-14-32)28(26-12-8-19(2)35-26)31-27(33)17-21-9-11-24-23(16-21)20(3)29(34)30-24/h7-12,15-16,20,28H,4-6,13-14,17H2,1-3H3,(H,30,34)(H,31,33). The third-order valence-electron chi connectivity index (χ3n) is 7.14. The lowest BCUT2D eigenvalue weighted by Crippen LogP contribution is -2.34. The first-order chi connectivity index (χ1) is 16.9. The van der Waals surface area contributed by atoms with E-state index in [-0.39, 0.29) is 30.2 Å². The SMILES string of the molecule is Cc1ccc(C(NC(=O)Cc2ccc3c(c2)C(C)C(=O)N3)c2ccc(C)o2)c(N2CCCCC2)c1. The van der Waals surface area contributed by atoms with Gasteiger partial charge in [0.25, 0.3) is 0 Å². The van der Waals surface area contributed by atoms with Crippen molar-refractivity contribution in [1.82, 2.24) is 5.32 Å². The second-order valence-electron chi connectivity index (χ2n) is 9.87. The summed E-state index contributed by atoms with van der Waals surface area (Å²) in [6.45, 7) is 7.96. The van der Waals surface area contributed by atoms with Crippen molar-refractivity contribution in [2.75, 3.05) is 23.3 Å². The number of furan rings is 1. The molecular formula is C29H33N3O3. The van der Waals surface area contributed by atoms with Crippen LogP contribution in [0.4, 0.5) is 11.4 Å². The lowest BCUT2D eigenvalue weighted by atomic mass is 9.97. The number of amides is 2. The van der Waals surface area contributed by atoms with Gasteiger partial charge in [0.1, 0.15) is 17.6 Å². The molecule has 6 heteroatoms. The summed E-state index contributed by atoms with van der Waals surface area (Å²) in [4.78, 5) is 27.8. The Morgan fingerprint density at radius 3 is 2.63 bits per heavy atom. The fourth-order valence-corrected chi connectivity index (χ4v) is 5.19. The van der Waals surface area contributed by atoms with E-state index in [0.29, 0.717) is 0 Å². The molecular weight excluding hydrogens is 438 g/mol. The monoisotopic (exact) mass is 471 g/mol. The molecule has 35 heavy (non-hydrogen) atoms. The predicted octanol–water partition coefficient (Wildman–Crippen LogP) is 5.39. The molecule has 2 amide bonds. The van der Waals surface area contributed by atoms with E-state index < -0.39 is 0 Å². The molecule has 0 spiro atoms. The van der Waals surface area contributed by atoms with Crippen molar-refractivity contribution in [2.24, 2.45) is 0 Å². The molecule has 6 nitrogen and oxygen atoms in total. The molecule has 0 aliphatic carbocycles. The van der Waals surface area contributed by atoms with Crippen LogP contribution in [0, 0.1) is 13.8 Å². The van der Waals surface area contributed by atoms with Crippen molar-refractivity contribution in [3.05, 3.63) is 82.3 Å². The highest BCUT2D eigenvalue weighted by atomic mass is 16.3. The van der Waals surface area contributed by atoms with Gasteiger partial charge in [0.15, 0.2) is 0 Å². The maximum absolute atomic E-state index is 13.3. The topological polar surface area (TPSA) is 74.6 Å². The zero-order valence-corrected chi connectivity index (χ0v) is 20.7. The van der Waals surface area contributed by atoms with Crippen molar-refractivity contribution in [3.8, 4) is 0 Å². The van der Waals surface area contributed by atoms with Gasteiger partial charge in [0, 0.05) is 30.0 Å². The quantitative estimate of drug-likeness (QED) is 0.505. The van der Waals surface area contributed by atoms with Gasteiger partial charge in [-0.2, -0.15) is 0 Å². The van der Waals surface area contributed by atoms with Gasteiger partial charge < -0.3 is 20.0 Å². The van der Waals surface area contributed by atoms with E-state index in [2.05, 4.69) is 40.7 Å². The largest absolute Gasteiger partial charge is 0.464 e. The lowest BCUT2D eigenvalue weighted by Gasteiger charge is -2.32. The molecule has 2 atom stereocenters. The van der Waals surface area contributed by atoms with Crippen LogP contribution in [0.25, 0.3) is 0 Å². The summed E-state index contributed by atoms with van der Waals surface area (Å²) in [7, 11) is 0. The molecule has 1 fully saturated rings. The average molecular weight is 472 g/mol. The smallest absolute Gasteiger partial charge is 0.231 e. The number of piperidine rings is 1. The molecule has 1 saturated heterocycles. The summed E-state index contributed by atoms with van der Waals surface area (Å²) >= 11 is 0. The second-order valence-corrected chi connectivity index (χ2v) is 9.87. The van der Waals surface area contributed by atoms with Crippen molar-refractivity contribution in [3.63, 3.8) is 0 Å². The molecule has 0 saturated carbocycles. The molecule has 2 unspecified atom stereocenters. The van der Waals surface area contributed by atoms with E-state index in [1.54, 1.807) is 0 Å². The summed E-state index contributed by atoms with van der Waals surface area (Å²) < 4.78 is 6.03. The summed E-state index contributed by atoms with van der Waals surface area (Å²) in [5, 5.41) is 6.15. The Labute approximate surface area is 206 Å². The van der Waals surface area contributed by atoms with E-state index in [9.17, 15) is 9.59 Å². The Hall–Kier alpha value is -3.54. The van der Waals surface area contributed by atoms with Crippen LogP contribution in [0.15, 0.2) is 52.9 Å². The Morgan fingerprint density at radius 2 is 1.89 bits per heavy atom. The summed E-state index contributed by atoms with van der Waals surface area (Å²) in [6.07, 6.45) is 3.85. The van der Waals surface area contributed by atoms with E-state index in [4.69, 9.17) is 4.42 Å². The number of nitrogens with one attached hydrogen (secondary N) is 2. The summed E-state index contributed by atoms with van der Waals surface area (Å²) in [5.41, 5.74) is 6.09. The first-order valence-corrected chi connectivity index (χ1v) is 12.5. The maximum atomic E-state index is 13.3. The van der Waals surface area contributed by atoms with Gasteiger partial charge >= 0.3 is 0 Å². The molecule has 0 bridgehead atoms. The minimum atomic E-state index is -0.384. The van der Waals surface area contributed by atoms with Gasteiger partial charge in [-0.1, -0.05) is 24.3 Å². The van der Waals surface area contributed by atoms with E-state index in [1.807, 2.05) is 44.2 Å². The zero-order valence-electron chi connectivity index (χ0n) is 20.7. The van der Waals surface area contributed by atoms with Crippen LogP contribution in [-0.4, -0.2) is 24.9 Å². The lowest BCUT2D eigenvalue weighted by molar-refractivity contribution is -0.121. The summed E-state index contributed by atoms with van der Waals surface area (Å²) in [6, 6.07) is 15.7. The van der Waals surface area contributed by atoms with Gasteiger partial charge in [-0.3, -0.25) is 9.59 Å². The number of hydrogen-bond acceptors (Lipinski definition) is 4. The highest BCUT2D eigenvalue weighted by molar-refractivity contribution is 6.02. The molecule has 2 aliphatic rings. The number of carbonyl (C=O) groups is 2. The van der Waals surface area contributed by atoms with Crippen LogP contribution in [0.1, 0.15) is 71.9 Å². The molecule has 3 aromatic rings. The zero-order chi connectivity index (χ0) is 24.5. The number of fused-ring (bicyclic) bond motifs is 1. The molecule has 2 aromatic carbocycles. The van der Waals surface area contributed by atoms with Crippen molar-refractivity contribution in [1.29, 1.82) is 0 Å². The molecule has 2 N–H and O–H groups in total. The number of nitrogens with zero attached hydrogens (tertiary/aromatic N) is 1. The van der Waals surface area contributed by atoms with Crippen molar-refractivity contribution < 1.29 is 14.0 Å². The normalized spacial score (nSPS) is 18.2. The maximum Gasteiger partial charge on any atom is 0.231 e. The Morgan fingerprint density at radius 1 is 1.09 bits per heavy atom. The van der Waals surface area contributed by atoms with E-state index in [0.717, 1.165) is 47.0 Å². The van der Waals surface area contributed by atoms with Gasteiger partial charge in [0.2, 0.25) is 11.8 Å². The van der Waals surface area contributed by atoms with Crippen LogP contribution in [0.5, 0.6) is 0 Å². The third-order valence-corrected chi connectivity index (χ3v) is 7.14. The van der Waals surface area contributed by atoms with Crippen LogP contribution in [-0.2, 0) is 16.0 Å². The fraction of sp³-hybridized carbons (Fsp3) is 0.379. The first kappa shape index (κ1) is 23.2. The third kappa shape index (κ3) is 4.83. The summed E-state index contributed by atoms with van der Waals surface area (Å²) in [5.74, 6) is 1.26. The Balaban J connectivity index is 1.43. The number of anilines is 2. The molecule has 2 aliphatic heterocycles. The van der Waals surface area contributed by atoms with Crippen LogP contribution < -0.4 is 15.5 Å². The Bertz CT molecular complexity index is 1260. The number of aryl methyl sites for hydroxylation is 2. The minimum absolute atomic E-state index is 0.000493. The highest BCUT2D eigenvalue weighted by Crippen LogP contribution is 2.35. The molecule has 182 valence electrons. The van der Waals surface area contributed by atoms with Crippen LogP contribution in [0.2, 0.25) is 0 Å². The molecule has 0 radical (unpaired) electrons. The fourth-order valence-electron chi connectivity index (χ4n) is 5.19. The molecule has 3 heterocycles. The predicted molar refractivity (Wildman–Crippen MR) is 138 cm³/mol. The Kier molecular flexibility index (Phi) is 6.37. The highest BCUT2D eigenvalue weighted by Gasteiger charge is 2.28. The first-order valence-electron chi connectivity index (χ1n) is 12.5. The second kappa shape index (κ2) is 9.61. The van der Waals surface area contributed by atoms with Gasteiger partial charge in [-0.25, -0.2) is 0 Å². The van der Waals surface area contributed by atoms with Gasteiger partial charge in [0.05, 0.1) is 12.3 Å². The van der Waals surface area contributed by atoms with E-state index in [1.165, 1.54) is 30.5 Å². The average Bonchev–Trinajstić information content (AvgIpc) is 3.41. The van der Waals surface area contributed by atoms with Gasteiger partial charge in [-0.15, -0.1) is 0 Å². The van der Waals surface area contributed by atoms with Crippen LogP contribution in [0.3, 0.4) is 0 Å². The van der Waals surface area contributed by atoms with Gasteiger partial charge in [-0.05, 0) is 81.0 Å².